The van der Waals surface area contributed by atoms with Gasteiger partial charge in [-0.1, -0.05) is 0 Å². The van der Waals surface area contributed by atoms with E-state index in [1.54, 1.807) is 24.3 Å². The van der Waals surface area contributed by atoms with E-state index < -0.39 is 5.97 Å². The monoisotopic (exact) mass is 369 g/mol. The van der Waals surface area contributed by atoms with E-state index in [4.69, 9.17) is 9.47 Å². The van der Waals surface area contributed by atoms with Gasteiger partial charge < -0.3 is 19.5 Å². The van der Waals surface area contributed by atoms with Gasteiger partial charge in [0.2, 0.25) is 0 Å². The minimum absolute atomic E-state index is 0.146. The molecule has 0 spiro atoms. The van der Waals surface area contributed by atoms with Gasteiger partial charge in [-0.2, -0.15) is 0 Å². The molecule has 27 heavy (non-hydrogen) atoms. The van der Waals surface area contributed by atoms with Crippen LogP contribution in [0.5, 0.6) is 11.5 Å². The Hall–Kier alpha value is -3.02. The van der Waals surface area contributed by atoms with Crippen LogP contribution in [0.3, 0.4) is 0 Å². The third-order valence-corrected chi connectivity index (χ3v) is 4.39. The molecule has 1 N–H and O–H groups in total. The summed E-state index contributed by atoms with van der Waals surface area (Å²) in [6.45, 7) is 4.82. The van der Waals surface area contributed by atoms with E-state index in [9.17, 15) is 9.59 Å². The molecule has 0 aliphatic carbocycles. The molecule has 1 aliphatic rings. The zero-order valence-electron chi connectivity index (χ0n) is 15.7. The number of esters is 1. The minimum atomic E-state index is -0.435. The Bertz CT molecular complexity index is 844. The predicted molar refractivity (Wildman–Crippen MR) is 100 cm³/mol. The molecule has 6 heteroatoms. The summed E-state index contributed by atoms with van der Waals surface area (Å²) in [5, 5.41) is 2.89. The van der Waals surface area contributed by atoms with Gasteiger partial charge in [0.25, 0.3) is 5.91 Å². The van der Waals surface area contributed by atoms with Crippen molar-refractivity contribution in [3.8, 4) is 11.5 Å². The van der Waals surface area contributed by atoms with Crippen molar-refractivity contribution in [2.45, 2.75) is 32.9 Å². The van der Waals surface area contributed by atoms with Crippen molar-refractivity contribution in [2.75, 3.05) is 13.7 Å². The Kier molecular flexibility index (Phi) is 5.64. The Morgan fingerprint density at radius 3 is 2.56 bits per heavy atom. The van der Waals surface area contributed by atoms with Gasteiger partial charge in [-0.15, -0.1) is 0 Å². The van der Waals surface area contributed by atoms with E-state index in [0.29, 0.717) is 24.3 Å². The predicted octanol–water partition coefficient (Wildman–Crippen LogP) is 3.13. The van der Waals surface area contributed by atoms with E-state index in [-0.39, 0.29) is 12.0 Å². The topological polar surface area (TPSA) is 73.9 Å². The molecular formula is C21H23NO5. The van der Waals surface area contributed by atoms with Gasteiger partial charge in [0.05, 0.1) is 19.3 Å². The van der Waals surface area contributed by atoms with Crippen molar-refractivity contribution in [2.24, 2.45) is 0 Å². The Morgan fingerprint density at radius 1 is 1.19 bits per heavy atom. The number of hydrogen-bond acceptors (Lipinski definition) is 5. The van der Waals surface area contributed by atoms with Crippen LogP contribution in [-0.4, -0.2) is 31.7 Å². The zero-order valence-corrected chi connectivity index (χ0v) is 15.7. The summed E-state index contributed by atoms with van der Waals surface area (Å²) in [7, 11) is 1.32. The fourth-order valence-electron chi connectivity index (χ4n) is 3.06. The molecular weight excluding hydrogens is 346 g/mol. The largest absolute Gasteiger partial charge is 0.494 e. The number of nitrogens with one attached hydrogen (secondary N) is 1. The maximum absolute atomic E-state index is 12.4. The second-order valence-corrected chi connectivity index (χ2v) is 6.38. The van der Waals surface area contributed by atoms with Gasteiger partial charge in [-0.05, 0) is 50.2 Å². The fourth-order valence-corrected chi connectivity index (χ4v) is 3.06. The highest BCUT2D eigenvalue weighted by Crippen LogP contribution is 2.35. The lowest BCUT2D eigenvalue weighted by Gasteiger charge is -2.13. The van der Waals surface area contributed by atoms with E-state index >= 15 is 0 Å². The number of rotatable bonds is 6. The third-order valence-electron chi connectivity index (χ3n) is 4.39. The average molecular weight is 369 g/mol. The lowest BCUT2D eigenvalue weighted by molar-refractivity contribution is 0.0600. The molecule has 2 aromatic carbocycles. The molecule has 1 aliphatic heterocycles. The molecule has 0 fully saturated rings. The SMILES string of the molecule is CCOc1cc2c(cc1CNC(=O)c1ccc(C(=O)OC)cc1)O[C@H](C)C2. The Labute approximate surface area is 158 Å². The van der Waals surface area contributed by atoms with Crippen LogP contribution in [0, 0.1) is 0 Å². The lowest BCUT2D eigenvalue weighted by atomic mass is 10.1. The van der Waals surface area contributed by atoms with Gasteiger partial charge in [0, 0.05) is 29.7 Å². The molecule has 1 amide bonds. The van der Waals surface area contributed by atoms with Crippen molar-refractivity contribution in [1.29, 1.82) is 0 Å². The second kappa shape index (κ2) is 8.12. The Balaban J connectivity index is 1.71. The van der Waals surface area contributed by atoms with Crippen LogP contribution in [-0.2, 0) is 17.7 Å². The summed E-state index contributed by atoms with van der Waals surface area (Å²) < 4.78 is 16.2. The van der Waals surface area contributed by atoms with Crippen LogP contribution in [0.4, 0.5) is 0 Å². The lowest BCUT2D eigenvalue weighted by Crippen LogP contribution is -2.23. The molecule has 0 unspecified atom stereocenters. The van der Waals surface area contributed by atoms with Crippen molar-refractivity contribution < 1.29 is 23.8 Å². The molecule has 142 valence electrons. The number of amides is 1. The van der Waals surface area contributed by atoms with Crippen LogP contribution >= 0.6 is 0 Å². The normalized spacial score (nSPS) is 14.9. The molecule has 6 nitrogen and oxygen atoms in total. The van der Waals surface area contributed by atoms with Crippen molar-refractivity contribution in [3.63, 3.8) is 0 Å². The maximum atomic E-state index is 12.4. The standard InChI is InChI=1S/C21H23NO5/c1-4-26-18-10-16-9-13(2)27-19(16)11-17(18)12-22-20(23)14-5-7-15(8-6-14)21(24)25-3/h5-8,10-11,13H,4,9,12H2,1-3H3,(H,22,23)/t13-/m1/s1. The third kappa shape index (κ3) is 4.22. The number of methoxy groups -OCH3 is 1. The number of carbonyl (C=O) groups is 2. The average Bonchev–Trinajstić information content (AvgIpc) is 3.04. The number of benzene rings is 2. The van der Waals surface area contributed by atoms with Gasteiger partial charge in [-0.3, -0.25) is 4.79 Å². The molecule has 0 radical (unpaired) electrons. The summed E-state index contributed by atoms with van der Waals surface area (Å²) in [5.41, 5.74) is 2.85. The number of hydrogen-bond donors (Lipinski definition) is 1. The zero-order chi connectivity index (χ0) is 19.4. The highest BCUT2D eigenvalue weighted by molar-refractivity contribution is 5.96. The molecule has 3 rings (SSSR count). The summed E-state index contributed by atoms with van der Waals surface area (Å²) in [4.78, 5) is 23.9. The first-order chi connectivity index (χ1) is 13.0. The summed E-state index contributed by atoms with van der Waals surface area (Å²) >= 11 is 0. The molecule has 1 heterocycles. The molecule has 0 saturated carbocycles. The first-order valence-corrected chi connectivity index (χ1v) is 8.93. The van der Waals surface area contributed by atoms with E-state index in [1.807, 2.05) is 26.0 Å². The van der Waals surface area contributed by atoms with Gasteiger partial charge >= 0.3 is 5.97 Å². The van der Waals surface area contributed by atoms with Crippen LogP contribution in [0.25, 0.3) is 0 Å². The van der Waals surface area contributed by atoms with Crippen molar-refractivity contribution in [1.82, 2.24) is 5.32 Å². The maximum Gasteiger partial charge on any atom is 0.337 e. The first-order valence-electron chi connectivity index (χ1n) is 8.93. The molecule has 2 aromatic rings. The van der Waals surface area contributed by atoms with Crippen LogP contribution in [0.15, 0.2) is 36.4 Å². The molecule has 1 atom stereocenters. The Morgan fingerprint density at radius 2 is 1.89 bits per heavy atom. The fraction of sp³-hybridized carbons (Fsp3) is 0.333. The van der Waals surface area contributed by atoms with E-state index in [1.165, 1.54) is 7.11 Å². The quantitative estimate of drug-likeness (QED) is 0.792. The number of ether oxygens (including phenoxy) is 3. The van der Waals surface area contributed by atoms with Gasteiger partial charge in [-0.25, -0.2) is 4.79 Å². The van der Waals surface area contributed by atoms with Crippen LogP contribution in [0.1, 0.15) is 45.7 Å². The molecule has 0 bridgehead atoms. The number of carbonyl (C=O) groups excluding carboxylic acids is 2. The summed E-state index contributed by atoms with van der Waals surface area (Å²) in [6, 6.07) is 10.3. The van der Waals surface area contributed by atoms with Gasteiger partial charge in [0.1, 0.15) is 17.6 Å². The van der Waals surface area contributed by atoms with E-state index in [2.05, 4.69) is 10.1 Å². The highest BCUT2D eigenvalue weighted by Gasteiger charge is 2.22. The molecule has 0 aromatic heterocycles. The molecule has 0 saturated heterocycles. The number of fused-ring (bicyclic) bond motifs is 1. The summed E-state index contributed by atoms with van der Waals surface area (Å²) in [5.74, 6) is 0.937. The van der Waals surface area contributed by atoms with E-state index in [0.717, 1.165) is 29.0 Å². The van der Waals surface area contributed by atoms with Gasteiger partial charge in [0.15, 0.2) is 0 Å². The smallest absolute Gasteiger partial charge is 0.337 e. The van der Waals surface area contributed by atoms with Crippen LogP contribution in [0.2, 0.25) is 0 Å². The van der Waals surface area contributed by atoms with Crippen LogP contribution < -0.4 is 14.8 Å². The highest BCUT2D eigenvalue weighted by atomic mass is 16.5. The van der Waals surface area contributed by atoms with Crippen molar-refractivity contribution in [3.05, 3.63) is 58.7 Å². The second-order valence-electron chi connectivity index (χ2n) is 6.38. The summed E-state index contributed by atoms with van der Waals surface area (Å²) in [6.07, 6.45) is 1.00. The first kappa shape index (κ1) is 18.8. The van der Waals surface area contributed by atoms with Crippen molar-refractivity contribution >= 4 is 11.9 Å². The minimum Gasteiger partial charge on any atom is -0.494 e.